The number of likely N-dealkylation sites (tertiary alicyclic amines) is 1. The molecule has 1 aliphatic heterocycles. The summed E-state index contributed by atoms with van der Waals surface area (Å²) in [5.41, 5.74) is -0.201. The van der Waals surface area contributed by atoms with Gasteiger partial charge in [-0.05, 0) is 37.4 Å². The van der Waals surface area contributed by atoms with Crippen LogP contribution in [0.1, 0.15) is 18.4 Å². The lowest BCUT2D eigenvalue weighted by Crippen LogP contribution is -2.57. The summed E-state index contributed by atoms with van der Waals surface area (Å²) in [6.07, 6.45) is 4.59. The highest BCUT2D eigenvalue weighted by atomic mass is 16.4. The first kappa shape index (κ1) is 17.6. The van der Waals surface area contributed by atoms with E-state index in [1.807, 2.05) is 47.3 Å². The molecule has 3 rings (SSSR count). The van der Waals surface area contributed by atoms with Crippen LogP contribution in [-0.2, 0) is 17.8 Å². The third kappa shape index (κ3) is 4.08. The van der Waals surface area contributed by atoms with Gasteiger partial charge in [0.05, 0.1) is 6.10 Å². The van der Waals surface area contributed by atoms with Crippen molar-refractivity contribution in [1.29, 1.82) is 0 Å². The topological polar surface area (TPSA) is 78.6 Å². The molecule has 0 amide bonds. The molecule has 0 saturated carbocycles. The van der Waals surface area contributed by atoms with E-state index in [9.17, 15) is 15.0 Å². The van der Waals surface area contributed by atoms with Gasteiger partial charge in [0.1, 0.15) is 5.41 Å². The zero-order valence-electron chi connectivity index (χ0n) is 14.3. The fourth-order valence-corrected chi connectivity index (χ4v) is 3.66. The number of hydrogen-bond donors (Lipinski definition) is 2. The Kier molecular flexibility index (Phi) is 5.50. The molecule has 1 aliphatic rings. The highest BCUT2D eigenvalue weighted by Gasteiger charge is 2.49. The summed E-state index contributed by atoms with van der Waals surface area (Å²) in [4.78, 5) is 14.3. The molecule has 0 bridgehead atoms. The Bertz CT molecular complexity index is 674. The average Bonchev–Trinajstić information content (AvgIpc) is 3.12. The highest BCUT2D eigenvalue weighted by Crippen LogP contribution is 2.34. The second-order valence-electron chi connectivity index (χ2n) is 6.83. The Labute approximate surface area is 147 Å². The normalized spacial score (nSPS) is 24.3. The van der Waals surface area contributed by atoms with Gasteiger partial charge >= 0.3 is 5.97 Å². The zero-order valence-corrected chi connectivity index (χ0v) is 14.3. The number of aliphatic carboxylic acids is 1. The maximum absolute atomic E-state index is 12.1. The van der Waals surface area contributed by atoms with Crippen molar-refractivity contribution in [3.05, 3.63) is 54.4 Å². The number of carboxylic acid groups (broad SMARTS) is 1. The minimum absolute atomic E-state index is 0.347. The predicted molar refractivity (Wildman–Crippen MR) is 94.1 cm³/mol. The highest BCUT2D eigenvalue weighted by molar-refractivity contribution is 5.76. The van der Waals surface area contributed by atoms with Crippen molar-refractivity contribution in [1.82, 2.24) is 14.7 Å². The van der Waals surface area contributed by atoms with Crippen LogP contribution in [0.5, 0.6) is 0 Å². The van der Waals surface area contributed by atoms with Crippen molar-refractivity contribution >= 4 is 5.97 Å². The monoisotopic (exact) mass is 343 g/mol. The second kappa shape index (κ2) is 7.80. The molecule has 1 aromatic heterocycles. The molecule has 25 heavy (non-hydrogen) atoms. The predicted octanol–water partition coefficient (Wildman–Crippen LogP) is 1.65. The lowest BCUT2D eigenvalue weighted by atomic mass is 9.73. The van der Waals surface area contributed by atoms with Crippen molar-refractivity contribution in [2.24, 2.45) is 5.41 Å². The average molecular weight is 343 g/mol. The number of piperidine rings is 1. The van der Waals surface area contributed by atoms with Gasteiger partial charge in [-0.25, -0.2) is 0 Å². The van der Waals surface area contributed by atoms with Crippen LogP contribution in [0.2, 0.25) is 0 Å². The molecule has 134 valence electrons. The molecule has 1 aromatic carbocycles. The molecule has 0 aliphatic carbocycles. The summed E-state index contributed by atoms with van der Waals surface area (Å²) in [5, 5.41) is 24.6. The number of benzene rings is 1. The molecule has 0 unspecified atom stereocenters. The molecule has 0 spiro atoms. The van der Waals surface area contributed by atoms with Crippen LogP contribution in [-0.4, -0.2) is 56.6 Å². The van der Waals surface area contributed by atoms with Crippen LogP contribution < -0.4 is 0 Å². The van der Waals surface area contributed by atoms with Gasteiger partial charge in [-0.1, -0.05) is 30.3 Å². The Morgan fingerprint density at radius 2 is 2.04 bits per heavy atom. The van der Waals surface area contributed by atoms with Gasteiger partial charge in [-0.3, -0.25) is 9.48 Å². The lowest BCUT2D eigenvalue weighted by molar-refractivity contribution is -0.163. The van der Waals surface area contributed by atoms with Crippen LogP contribution in [0.25, 0.3) is 0 Å². The molecular formula is C19H25N3O3. The third-order valence-electron chi connectivity index (χ3n) is 5.07. The Morgan fingerprint density at radius 1 is 1.24 bits per heavy atom. The summed E-state index contributed by atoms with van der Waals surface area (Å²) >= 11 is 0. The number of aliphatic hydroxyl groups excluding tert-OH is 1. The van der Waals surface area contributed by atoms with E-state index in [1.165, 1.54) is 0 Å². The van der Waals surface area contributed by atoms with Crippen LogP contribution in [0.15, 0.2) is 48.8 Å². The van der Waals surface area contributed by atoms with E-state index in [2.05, 4.69) is 10.00 Å². The Balaban J connectivity index is 1.66. The van der Waals surface area contributed by atoms with Crippen molar-refractivity contribution in [2.45, 2.75) is 31.9 Å². The van der Waals surface area contributed by atoms with Gasteiger partial charge in [0.2, 0.25) is 0 Å². The van der Waals surface area contributed by atoms with E-state index in [-0.39, 0.29) is 0 Å². The van der Waals surface area contributed by atoms with Gasteiger partial charge in [-0.2, -0.15) is 5.10 Å². The Hall–Kier alpha value is -2.18. The second-order valence-corrected chi connectivity index (χ2v) is 6.83. The fourth-order valence-electron chi connectivity index (χ4n) is 3.66. The lowest BCUT2D eigenvalue weighted by Gasteiger charge is -2.43. The van der Waals surface area contributed by atoms with E-state index >= 15 is 0 Å². The van der Waals surface area contributed by atoms with Crippen molar-refractivity contribution in [3.63, 3.8) is 0 Å². The SMILES string of the molecule is O=C(O)[C@]1(Cc2ccccc2)CN(CCCn2cccn2)CC[C@H]1O. The van der Waals surface area contributed by atoms with Crippen LogP contribution in [0.4, 0.5) is 0 Å². The van der Waals surface area contributed by atoms with E-state index in [0.717, 1.165) is 31.6 Å². The van der Waals surface area contributed by atoms with E-state index in [0.29, 0.717) is 19.4 Å². The van der Waals surface area contributed by atoms with E-state index in [1.54, 1.807) is 6.20 Å². The van der Waals surface area contributed by atoms with Gasteiger partial charge in [0.15, 0.2) is 0 Å². The van der Waals surface area contributed by atoms with Crippen molar-refractivity contribution < 1.29 is 15.0 Å². The summed E-state index contributed by atoms with van der Waals surface area (Å²) in [6, 6.07) is 11.5. The van der Waals surface area contributed by atoms with Crippen LogP contribution >= 0.6 is 0 Å². The van der Waals surface area contributed by atoms with E-state index in [4.69, 9.17) is 0 Å². The molecule has 6 heteroatoms. The largest absolute Gasteiger partial charge is 0.481 e. The summed E-state index contributed by atoms with van der Waals surface area (Å²) < 4.78 is 1.88. The quantitative estimate of drug-likeness (QED) is 0.799. The Morgan fingerprint density at radius 3 is 2.72 bits per heavy atom. The first-order valence-corrected chi connectivity index (χ1v) is 8.75. The number of aryl methyl sites for hydroxylation is 1. The minimum atomic E-state index is -1.15. The third-order valence-corrected chi connectivity index (χ3v) is 5.07. The molecule has 2 heterocycles. The van der Waals surface area contributed by atoms with Gasteiger partial charge in [0, 0.05) is 32.0 Å². The zero-order chi connectivity index (χ0) is 17.7. The molecule has 0 radical (unpaired) electrons. The van der Waals surface area contributed by atoms with Crippen molar-refractivity contribution in [3.8, 4) is 0 Å². The number of nitrogens with zero attached hydrogens (tertiary/aromatic N) is 3. The summed E-state index contributed by atoms with van der Waals surface area (Å²) in [7, 11) is 0. The molecule has 1 saturated heterocycles. The number of hydrogen-bond acceptors (Lipinski definition) is 4. The molecule has 1 fully saturated rings. The number of rotatable bonds is 7. The fraction of sp³-hybridized carbons (Fsp3) is 0.474. The minimum Gasteiger partial charge on any atom is -0.481 e. The van der Waals surface area contributed by atoms with Crippen LogP contribution in [0, 0.1) is 5.41 Å². The first-order valence-electron chi connectivity index (χ1n) is 8.75. The standard InChI is InChI=1S/C19H25N3O3/c23-17-8-13-21(10-5-12-22-11-4-9-20-22)15-19(17,18(24)25)14-16-6-2-1-3-7-16/h1-4,6-7,9,11,17,23H,5,8,10,12-15H2,(H,24,25)/t17-,19-/m1/s1. The molecule has 6 nitrogen and oxygen atoms in total. The van der Waals surface area contributed by atoms with Gasteiger partial charge in [0.25, 0.3) is 0 Å². The van der Waals surface area contributed by atoms with Gasteiger partial charge < -0.3 is 15.1 Å². The number of carboxylic acids is 1. The smallest absolute Gasteiger partial charge is 0.313 e. The van der Waals surface area contributed by atoms with Crippen LogP contribution in [0.3, 0.4) is 0 Å². The van der Waals surface area contributed by atoms with Crippen molar-refractivity contribution in [2.75, 3.05) is 19.6 Å². The summed E-state index contributed by atoms with van der Waals surface area (Å²) in [6.45, 7) is 2.71. The molecule has 2 N–H and O–H groups in total. The number of aliphatic hydroxyl groups is 1. The molecule has 2 atom stereocenters. The number of carbonyl (C=O) groups is 1. The maximum atomic E-state index is 12.1. The maximum Gasteiger partial charge on any atom is 0.313 e. The summed E-state index contributed by atoms with van der Waals surface area (Å²) in [5.74, 6) is -0.916. The van der Waals surface area contributed by atoms with Gasteiger partial charge in [-0.15, -0.1) is 0 Å². The molecular weight excluding hydrogens is 318 g/mol. The number of aromatic nitrogens is 2. The first-order chi connectivity index (χ1) is 12.1. The molecule has 2 aromatic rings. The van der Waals surface area contributed by atoms with E-state index < -0.39 is 17.5 Å².